The highest BCUT2D eigenvalue weighted by atomic mass is 16.4. The summed E-state index contributed by atoms with van der Waals surface area (Å²) in [5.41, 5.74) is 2.51. The first kappa shape index (κ1) is 16.7. The van der Waals surface area contributed by atoms with Gasteiger partial charge in [0.15, 0.2) is 0 Å². The van der Waals surface area contributed by atoms with E-state index in [1.165, 1.54) is 5.56 Å². The SMILES string of the molecule is CCCc1ccc(C(=O)NC(CC(=O)O)c2ccccc2)cc1. The molecule has 2 rings (SSSR count). The third-order valence-corrected chi connectivity index (χ3v) is 3.64. The Hall–Kier alpha value is -2.62. The van der Waals surface area contributed by atoms with E-state index in [0.29, 0.717) is 5.56 Å². The molecule has 1 atom stereocenters. The molecule has 0 saturated heterocycles. The van der Waals surface area contributed by atoms with Crippen LogP contribution in [-0.4, -0.2) is 17.0 Å². The molecule has 0 spiro atoms. The van der Waals surface area contributed by atoms with Crippen molar-refractivity contribution in [1.82, 2.24) is 5.32 Å². The number of benzene rings is 2. The Kier molecular flexibility index (Phi) is 5.92. The van der Waals surface area contributed by atoms with Crippen LogP contribution < -0.4 is 5.32 Å². The van der Waals surface area contributed by atoms with Crippen molar-refractivity contribution in [3.63, 3.8) is 0 Å². The molecule has 0 heterocycles. The topological polar surface area (TPSA) is 66.4 Å². The molecule has 4 nitrogen and oxygen atoms in total. The van der Waals surface area contributed by atoms with Gasteiger partial charge in [-0.15, -0.1) is 0 Å². The first-order valence-electron chi connectivity index (χ1n) is 7.76. The molecule has 1 unspecified atom stereocenters. The van der Waals surface area contributed by atoms with Crippen molar-refractivity contribution >= 4 is 11.9 Å². The monoisotopic (exact) mass is 311 g/mol. The summed E-state index contributed by atoms with van der Waals surface area (Å²) in [7, 11) is 0. The van der Waals surface area contributed by atoms with Gasteiger partial charge in [0.05, 0.1) is 12.5 Å². The van der Waals surface area contributed by atoms with Crippen LogP contribution in [0.1, 0.15) is 47.3 Å². The van der Waals surface area contributed by atoms with Gasteiger partial charge in [-0.3, -0.25) is 9.59 Å². The lowest BCUT2D eigenvalue weighted by Crippen LogP contribution is -2.30. The fourth-order valence-electron chi connectivity index (χ4n) is 2.47. The average Bonchev–Trinajstić information content (AvgIpc) is 2.55. The van der Waals surface area contributed by atoms with E-state index < -0.39 is 12.0 Å². The van der Waals surface area contributed by atoms with E-state index in [1.54, 1.807) is 12.1 Å². The number of carboxylic acids is 1. The Morgan fingerprint density at radius 1 is 1.04 bits per heavy atom. The first-order valence-corrected chi connectivity index (χ1v) is 7.76. The molecule has 0 aliphatic rings. The number of carbonyl (C=O) groups is 2. The van der Waals surface area contributed by atoms with Crippen molar-refractivity contribution in [2.24, 2.45) is 0 Å². The molecule has 0 radical (unpaired) electrons. The van der Waals surface area contributed by atoms with Gasteiger partial charge in [0.25, 0.3) is 5.91 Å². The van der Waals surface area contributed by atoms with Crippen molar-refractivity contribution < 1.29 is 14.7 Å². The molecule has 0 fully saturated rings. The Morgan fingerprint density at radius 3 is 2.26 bits per heavy atom. The molecule has 0 aliphatic carbocycles. The highest BCUT2D eigenvalue weighted by Gasteiger charge is 2.18. The summed E-state index contributed by atoms with van der Waals surface area (Å²) in [5, 5.41) is 11.9. The lowest BCUT2D eigenvalue weighted by Gasteiger charge is -2.17. The zero-order valence-corrected chi connectivity index (χ0v) is 13.2. The molecule has 23 heavy (non-hydrogen) atoms. The van der Waals surface area contributed by atoms with Crippen LogP contribution >= 0.6 is 0 Å². The van der Waals surface area contributed by atoms with Crippen LogP contribution in [0.3, 0.4) is 0 Å². The minimum atomic E-state index is -0.947. The second-order valence-corrected chi connectivity index (χ2v) is 5.48. The van der Waals surface area contributed by atoms with Crippen molar-refractivity contribution in [2.75, 3.05) is 0 Å². The molecule has 0 bridgehead atoms. The van der Waals surface area contributed by atoms with E-state index >= 15 is 0 Å². The summed E-state index contributed by atoms with van der Waals surface area (Å²) in [4.78, 5) is 23.4. The second kappa shape index (κ2) is 8.13. The van der Waals surface area contributed by atoms with E-state index in [1.807, 2.05) is 42.5 Å². The van der Waals surface area contributed by atoms with Crippen LogP contribution in [0.25, 0.3) is 0 Å². The Balaban J connectivity index is 2.12. The summed E-state index contributed by atoms with van der Waals surface area (Å²) in [6.07, 6.45) is 1.89. The molecule has 0 aliphatic heterocycles. The molecule has 120 valence electrons. The molecule has 4 heteroatoms. The number of rotatable bonds is 7. The smallest absolute Gasteiger partial charge is 0.305 e. The molecular formula is C19H21NO3. The average molecular weight is 311 g/mol. The van der Waals surface area contributed by atoms with Crippen LogP contribution in [0.5, 0.6) is 0 Å². The van der Waals surface area contributed by atoms with Crippen molar-refractivity contribution in [2.45, 2.75) is 32.2 Å². The quantitative estimate of drug-likeness (QED) is 0.821. The fourth-order valence-corrected chi connectivity index (χ4v) is 2.47. The lowest BCUT2D eigenvalue weighted by atomic mass is 10.0. The van der Waals surface area contributed by atoms with E-state index in [9.17, 15) is 9.59 Å². The van der Waals surface area contributed by atoms with E-state index in [0.717, 1.165) is 18.4 Å². The Bertz CT molecular complexity index is 650. The molecule has 2 aromatic rings. The van der Waals surface area contributed by atoms with Gasteiger partial charge >= 0.3 is 5.97 Å². The molecule has 2 N–H and O–H groups in total. The molecule has 2 aromatic carbocycles. The molecular weight excluding hydrogens is 290 g/mol. The van der Waals surface area contributed by atoms with Crippen LogP contribution in [0, 0.1) is 0 Å². The van der Waals surface area contributed by atoms with Crippen LogP contribution in [-0.2, 0) is 11.2 Å². The zero-order chi connectivity index (χ0) is 16.7. The number of hydrogen-bond donors (Lipinski definition) is 2. The summed E-state index contributed by atoms with van der Waals surface area (Å²) < 4.78 is 0. The van der Waals surface area contributed by atoms with E-state index in [4.69, 9.17) is 5.11 Å². The second-order valence-electron chi connectivity index (χ2n) is 5.48. The summed E-state index contributed by atoms with van der Waals surface area (Å²) in [6.45, 7) is 2.11. The van der Waals surface area contributed by atoms with Crippen molar-refractivity contribution in [1.29, 1.82) is 0 Å². The van der Waals surface area contributed by atoms with Crippen molar-refractivity contribution in [3.05, 3.63) is 71.3 Å². The Morgan fingerprint density at radius 2 is 1.70 bits per heavy atom. The summed E-state index contributed by atoms with van der Waals surface area (Å²) in [6, 6.07) is 16.0. The predicted octanol–water partition coefficient (Wildman–Crippen LogP) is 3.58. The number of aliphatic carboxylic acids is 1. The van der Waals surface area contributed by atoms with Crippen LogP contribution in [0.15, 0.2) is 54.6 Å². The van der Waals surface area contributed by atoms with E-state index in [-0.39, 0.29) is 12.3 Å². The minimum absolute atomic E-state index is 0.149. The van der Waals surface area contributed by atoms with Gasteiger partial charge in [0.1, 0.15) is 0 Å². The van der Waals surface area contributed by atoms with Crippen LogP contribution in [0.2, 0.25) is 0 Å². The number of carbonyl (C=O) groups excluding carboxylic acids is 1. The fraction of sp³-hybridized carbons (Fsp3) is 0.263. The van der Waals surface area contributed by atoms with Gasteiger partial charge in [-0.1, -0.05) is 55.8 Å². The summed E-state index contributed by atoms with van der Waals surface area (Å²) >= 11 is 0. The minimum Gasteiger partial charge on any atom is -0.481 e. The number of hydrogen-bond acceptors (Lipinski definition) is 2. The largest absolute Gasteiger partial charge is 0.481 e. The maximum Gasteiger partial charge on any atom is 0.305 e. The third kappa shape index (κ3) is 4.95. The van der Waals surface area contributed by atoms with Gasteiger partial charge in [-0.25, -0.2) is 0 Å². The highest BCUT2D eigenvalue weighted by molar-refractivity contribution is 5.94. The lowest BCUT2D eigenvalue weighted by molar-refractivity contribution is -0.137. The highest BCUT2D eigenvalue weighted by Crippen LogP contribution is 2.17. The van der Waals surface area contributed by atoms with Crippen molar-refractivity contribution in [3.8, 4) is 0 Å². The maximum absolute atomic E-state index is 12.4. The van der Waals surface area contributed by atoms with Gasteiger partial charge in [-0.05, 0) is 29.7 Å². The first-order chi connectivity index (χ1) is 11.1. The van der Waals surface area contributed by atoms with Gasteiger partial charge in [-0.2, -0.15) is 0 Å². The number of carboxylic acid groups (broad SMARTS) is 1. The number of nitrogens with one attached hydrogen (secondary N) is 1. The Labute approximate surface area is 136 Å². The molecule has 0 aromatic heterocycles. The van der Waals surface area contributed by atoms with Gasteiger partial charge in [0, 0.05) is 5.56 Å². The summed E-state index contributed by atoms with van der Waals surface area (Å²) in [5.74, 6) is -1.21. The van der Waals surface area contributed by atoms with Gasteiger partial charge in [0.2, 0.25) is 0 Å². The normalized spacial score (nSPS) is 11.7. The molecule has 0 saturated carbocycles. The van der Waals surface area contributed by atoms with Gasteiger partial charge < -0.3 is 10.4 Å². The predicted molar refractivity (Wildman–Crippen MR) is 89.3 cm³/mol. The standard InChI is InChI=1S/C19H21NO3/c1-2-6-14-9-11-16(12-10-14)19(23)20-17(13-18(21)22)15-7-4-3-5-8-15/h3-5,7-12,17H,2,6,13H2,1H3,(H,20,23)(H,21,22). The third-order valence-electron chi connectivity index (χ3n) is 3.64. The number of aryl methyl sites for hydroxylation is 1. The number of amides is 1. The maximum atomic E-state index is 12.4. The van der Waals surface area contributed by atoms with Crippen LogP contribution in [0.4, 0.5) is 0 Å². The zero-order valence-electron chi connectivity index (χ0n) is 13.2. The molecule has 1 amide bonds. The van der Waals surface area contributed by atoms with E-state index in [2.05, 4.69) is 12.2 Å².